The minimum Gasteiger partial charge on any atom is -0.339 e. The van der Waals surface area contributed by atoms with Crippen LogP contribution in [0.2, 0.25) is 0 Å². The lowest BCUT2D eigenvalue weighted by Gasteiger charge is -2.33. The molecule has 0 aromatic heterocycles. The standard InChI is InChI=1S/C22H33N5O3/c1-3-25-11-5-8-20(25)15-27(16-21(29)26-12-9-23-10-13-26)22(30)18-6-4-7-19(14-18)24-17(2)28/h4,6-7,14,20,23H,3,5,8-13,15-16H2,1-2H3,(H,24,28)/t20-/m0/s1. The first-order chi connectivity index (χ1) is 14.5. The maximum atomic E-state index is 13.4. The molecule has 0 radical (unpaired) electrons. The molecule has 0 spiro atoms. The Bertz CT molecular complexity index is 763. The van der Waals surface area contributed by atoms with Crippen LogP contribution in [0, 0.1) is 0 Å². The van der Waals surface area contributed by atoms with Gasteiger partial charge >= 0.3 is 0 Å². The average Bonchev–Trinajstić information content (AvgIpc) is 3.20. The second-order valence-electron chi connectivity index (χ2n) is 8.00. The molecule has 2 saturated heterocycles. The van der Waals surface area contributed by atoms with Gasteiger partial charge in [-0.1, -0.05) is 13.0 Å². The molecule has 3 rings (SSSR count). The van der Waals surface area contributed by atoms with Gasteiger partial charge < -0.3 is 20.4 Å². The van der Waals surface area contributed by atoms with E-state index >= 15 is 0 Å². The SMILES string of the molecule is CCN1CCC[C@H]1CN(CC(=O)N1CCNCC1)C(=O)c1cccc(NC(C)=O)c1. The van der Waals surface area contributed by atoms with Crippen LogP contribution in [-0.2, 0) is 9.59 Å². The van der Waals surface area contributed by atoms with Crippen LogP contribution in [0.15, 0.2) is 24.3 Å². The molecular formula is C22H33N5O3. The van der Waals surface area contributed by atoms with Crippen LogP contribution in [0.5, 0.6) is 0 Å². The van der Waals surface area contributed by atoms with Gasteiger partial charge in [0.25, 0.3) is 5.91 Å². The Morgan fingerprint density at radius 2 is 1.97 bits per heavy atom. The van der Waals surface area contributed by atoms with Gasteiger partial charge in [0.15, 0.2) is 0 Å². The van der Waals surface area contributed by atoms with Gasteiger partial charge in [0, 0.05) is 56.9 Å². The summed E-state index contributed by atoms with van der Waals surface area (Å²) in [6.07, 6.45) is 2.15. The summed E-state index contributed by atoms with van der Waals surface area (Å²) < 4.78 is 0. The predicted octanol–water partition coefficient (Wildman–Crippen LogP) is 1.00. The first kappa shape index (κ1) is 22.2. The molecule has 30 heavy (non-hydrogen) atoms. The van der Waals surface area contributed by atoms with Gasteiger partial charge in [-0.05, 0) is 44.1 Å². The number of nitrogens with one attached hydrogen (secondary N) is 2. The molecule has 8 heteroatoms. The Morgan fingerprint density at radius 1 is 1.20 bits per heavy atom. The Labute approximate surface area is 178 Å². The van der Waals surface area contributed by atoms with Gasteiger partial charge in [0.2, 0.25) is 11.8 Å². The number of amides is 3. The van der Waals surface area contributed by atoms with E-state index in [0.29, 0.717) is 30.9 Å². The predicted molar refractivity (Wildman–Crippen MR) is 116 cm³/mol. The molecule has 164 valence electrons. The molecular weight excluding hydrogens is 382 g/mol. The van der Waals surface area contributed by atoms with Crippen molar-refractivity contribution in [1.82, 2.24) is 20.0 Å². The molecule has 1 atom stereocenters. The van der Waals surface area contributed by atoms with Crippen LogP contribution in [0.25, 0.3) is 0 Å². The summed E-state index contributed by atoms with van der Waals surface area (Å²) in [5, 5.41) is 5.97. The molecule has 1 aromatic carbocycles. The van der Waals surface area contributed by atoms with Crippen LogP contribution >= 0.6 is 0 Å². The summed E-state index contributed by atoms with van der Waals surface area (Å²) in [6.45, 7) is 9.07. The highest BCUT2D eigenvalue weighted by Gasteiger charge is 2.30. The highest BCUT2D eigenvalue weighted by atomic mass is 16.2. The molecule has 8 nitrogen and oxygen atoms in total. The maximum absolute atomic E-state index is 13.4. The van der Waals surface area contributed by atoms with Crippen molar-refractivity contribution in [3.8, 4) is 0 Å². The molecule has 2 aliphatic rings. The van der Waals surface area contributed by atoms with Crippen molar-refractivity contribution < 1.29 is 14.4 Å². The number of piperazine rings is 1. The van der Waals surface area contributed by atoms with Crippen LogP contribution < -0.4 is 10.6 Å². The van der Waals surface area contributed by atoms with E-state index in [-0.39, 0.29) is 30.3 Å². The van der Waals surface area contributed by atoms with E-state index in [4.69, 9.17) is 0 Å². The normalized spacial score (nSPS) is 19.5. The van der Waals surface area contributed by atoms with E-state index in [1.54, 1.807) is 29.2 Å². The summed E-state index contributed by atoms with van der Waals surface area (Å²) >= 11 is 0. The van der Waals surface area contributed by atoms with E-state index in [1.807, 2.05) is 4.90 Å². The van der Waals surface area contributed by atoms with Gasteiger partial charge in [-0.15, -0.1) is 0 Å². The molecule has 0 unspecified atom stereocenters. The zero-order valence-electron chi connectivity index (χ0n) is 18.0. The van der Waals surface area contributed by atoms with Crippen LogP contribution in [0.4, 0.5) is 5.69 Å². The number of likely N-dealkylation sites (tertiary alicyclic amines) is 1. The summed E-state index contributed by atoms with van der Waals surface area (Å²) in [7, 11) is 0. The number of hydrogen-bond acceptors (Lipinski definition) is 5. The monoisotopic (exact) mass is 415 g/mol. The fraction of sp³-hybridized carbons (Fsp3) is 0.591. The van der Waals surface area contributed by atoms with E-state index in [1.165, 1.54) is 6.92 Å². The van der Waals surface area contributed by atoms with Gasteiger partial charge in [0.05, 0.1) is 0 Å². The van der Waals surface area contributed by atoms with Crippen molar-refractivity contribution in [2.24, 2.45) is 0 Å². The number of anilines is 1. The zero-order chi connectivity index (χ0) is 21.5. The summed E-state index contributed by atoms with van der Waals surface area (Å²) in [5.74, 6) is -0.368. The number of nitrogens with zero attached hydrogens (tertiary/aromatic N) is 3. The molecule has 2 aliphatic heterocycles. The number of likely N-dealkylation sites (N-methyl/N-ethyl adjacent to an activating group) is 1. The van der Waals surface area contributed by atoms with E-state index in [2.05, 4.69) is 22.5 Å². The third kappa shape index (κ3) is 5.79. The number of rotatable bonds is 7. The molecule has 0 bridgehead atoms. The quantitative estimate of drug-likeness (QED) is 0.694. The van der Waals surface area contributed by atoms with Gasteiger partial charge in [0.1, 0.15) is 6.54 Å². The minimum atomic E-state index is -0.185. The Kier molecular flexibility index (Phi) is 7.81. The third-order valence-electron chi connectivity index (χ3n) is 5.85. The third-order valence-corrected chi connectivity index (χ3v) is 5.85. The first-order valence-corrected chi connectivity index (χ1v) is 10.9. The highest BCUT2D eigenvalue weighted by Crippen LogP contribution is 2.20. The molecule has 1 aromatic rings. The molecule has 0 saturated carbocycles. The highest BCUT2D eigenvalue weighted by molar-refractivity contribution is 5.98. The second-order valence-corrected chi connectivity index (χ2v) is 8.00. The average molecular weight is 416 g/mol. The summed E-state index contributed by atoms with van der Waals surface area (Å²) in [4.78, 5) is 43.6. The van der Waals surface area contributed by atoms with Crippen molar-refractivity contribution in [3.05, 3.63) is 29.8 Å². The lowest BCUT2D eigenvalue weighted by atomic mass is 10.1. The first-order valence-electron chi connectivity index (χ1n) is 10.9. The van der Waals surface area contributed by atoms with Crippen molar-refractivity contribution >= 4 is 23.4 Å². The van der Waals surface area contributed by atoms with Crippen molar-refractivity contribution in [2.45, 2.75) is 32.7 Å². The minimum absolute atomic E-state index is 0.0103. The van der Waals surface area contributed by atoms with Crippen LogP contribution in [-0.4, -0.2) is 90.8 Å². The van der Waals surface area contributed by atoms with Gasteiger partial charge in [-0.25, -0.2) is 0 Å². The molecule has 3 amide bonds. The lowest BCUT2D eigenvalue weighted by Crippen LogP contribution is -2.52. The van der Waals surface area contributed by atoms with Crippen molar-refractivity contribution in [1.29, 1.82) is 0 Å². The molecule has 2 heterocycles. The number of hydrogen-bond donors (Lipinski definition) is 2. The Balaban J connectivity index is 1.77. The van der Waals surface area contributed by atoms with Gasteiger partial charge in [-0.3, -0.25) is 19.3 Å². The maximum Gasteiger partial charge on any atom is 0.254 e. The van der Waals surface area contributed by atoms with Crippen LogP contribution in [0.1, 0.15) is 37.0 Å². The smallest absolute Gasteiger partial charge is 0.254 e. The van der Waals surface area contributed by atoms with E-state index < -0.39 is 0 Å². The number of carbonyl (C=O) groups is 3. The Morgan fingerprint density at radius 3 is 2.67 bits per heavy atom. The van der Waals surface area contributed by atoms with E-state index in [9.17, 15) is 14.4 Å². The van der Waals surface area contributed by atoms with Gasteiger partial charge in [-0.2, -0.15) is 0 Å². The lowest BCUT2D eigenvalue weighted by molar-refractivity contribution is -0.132. The zero-order valence-corrected chi connectivity index (χ0v) is 18.0. The molecule has 2 N–H and O–H groups in total. The van der Waals surface area contributed by atoms with Crippen LogP contribution in [0.3, 0.4) is 0 Å². The fourth-order valence-electron chi connectivity index (χ4n) is 4.29. The number of carbonyl (C=O) groups excluding carboxylic acids is 3. The van der Waals surface area contributed by atoms with Crippen molar-refractivity contribution in [2.75, 3.05) is 57.7 Å². The number of benzene rings is 1. The molecule has 2 fully saturated rings. The summed E-state index contributed by atoms with van der Waals surface area (Å²) in [5.41, 5.74) is 1.06. The van der Waals surface area contributed by atoms with Crippen molar-refractivity contribution in [3.63, 3.8) is 0 Å². The second kappa shape index (κ2) is 10.5. The summed E-state index contributed by atoms with van der Waals surface area (Å²) in [6, 6.07) is 7.20. The topological polar surface area (TPSA) is 85.0 Å². The fourth-order valence-corrected chi connectivity index (χ4v) is 4.29. The molecule has 0 aliphatic carbocycles. The van der Waals surface area contributed by atoms with E-state index in [0.717, 1.165) is 39.0 Å². The Hall–Kier alpha value is -2.45. The largest absolute Gasteiger partial charge is 0.339 e.